The molecule has 32 heavy (non-hydrogen) atoms. The van der Waals surface area contributed by atoms with E-state index in [1.165, 1.54) is 6.33 Å². The lowest BCUT2D eigenvalue weighted by molar-refractivity contribution is -0.123. The van der Waals surface area contributed by atoms with Crippen molar-refractivity contribution in [3.05, 3.63) is 53.8 Å². The summed E-state index contributed by atoms with van der Waals surface area (Å²) in [6.07, 6.45) is 4.44. The van der Waals surface area contributed by atoms with Crippen LogP contribution in [0.15, 0.2) is 41.3 Å². The van der Waals surface area contributed by atoms with Crippen LogP contribution in [-0.2, 0) is 19.8 Å². The fraction of sp³-hybridized carbons (Fsp3) is 0.227. The van der Waals surface area contributed by atoms with E-state index in [4.69, 9.17) is 4.52 Å². The molecule has 4 rings (SSSR count). The molecule has 0 saturated heterocycles. The quantitative estimate of drug-likeness (QED) is 0.359. The Kier molecular flexibility index (Phi) is 5.35. The molecule has 0 aliphatic carbocycles. The van der Waals surface area contributed by atoms with Gasteiger partial charge < -0.3 is 25.5 Å². The van der Waals surface area contributed by atoms with Crippen LogP contribution in [0.1, 0.15) is 44.2 Å². The van der Waals surface area contributed by atoms with Gasteiger partial charge in [0.05, 0.1) is 29.5 Å². The third-order valence-corrected chi connectivity index (χ3v) is 4.74. The Labute approximate surface area is 183 Å². The number of anilines is 3. The van der Waals surface area contributed by atoms with Crippen LogP contribution in [-0.4, -0.2) is 32.8 Å². The Morgan fingerprint density at radius 3 is 2.62 bits per heavy atom. The first-order chi connectivity index (χ1) is 15.2. The third kappa shape index (κ3) is 4.59. The van der Waals surface area contributed by atoms with Gasteiger partial charge in [-0.1, -0.05) is 32.0 Å². The van der Waals surface area contributed by atoms with Crippen LogP contribution in [0, 0.1) is 0 Å². The van der Waals surface area contributed by atoms with Crippen LogP contribution in [0.4, 0.5) is 17.2 Å². The molecule has 10 heteroatoms. The maximum absolute atomic E-state index is 12.3. The predicted octanol–water partition coefficient (Wildman–Crippen LogP) is 3.16. The standard InChI is InChI=1S/C22H22N6O4/c1-22(2,3)17-8-18(28-32-17)27-20(30)9-19(29)25-12-4-5-14-15(6-13-10-23-11-24-13)21(31)26-16(14)7-12/h4-8,10-11H,9H2,1-3H3,(H,23,24)(H,25,29)(H,26,31)(H,27,28,30)/b15-6-. The highest BCUT2D eigenvalue weighted by atomic mass is 16.5. The van der Waals surface area contributed by atoms with Gasteiger partial charge in [-0.3, -0.25) is 14.4 Å². The van der Waals surface area contributed by atoms with E-state index in [0.717, 1.165) is 0 Å². The Balaban J connectivity index is 1.38. The maximum atomic E-state index is 12.3. The minimum absolute atomic E-state index is 0.246. The highest BCUT2D eigenvalue weighted by Gasteiger charge is 2.25. The summed E-state index contributed by atoms with van der Waals surface area (Å²) in [7, 11) is 0. The van der Waals surface area contributed by atoms with Gasteiger partial charge in [-0.15, -0.1) is 0 Å². The largest absolute Gasteiger partial charge is 0.359 e. The van der Waals surface area contributed by atoms with Crippen LogP contribution in [0.2, 0.25) is 0 Å². The van der Waals surface area contributed by atoms with Gasteiger partial charge in [0, 0.05) is 22.7 Å². The predicted molar refractivity (Wildman–Crippen MR) is 119 cm³/mol. The summed E-state index contributed by atoms with van der Waals surface area (Å²) >= 11 is 0. The first-order valence-corrected chi connectivity index (χ1v) is 9.92. The average molecular weight is 434 g/mol. The summed E-state index contributed by atoms with van der Waals surface area (Å²) < 4.78 is 5.21. The van der Waals surface area contributed by atoms with Gasteiger partial charge in [0.15, 0.2) is 5.82 Å². The molecule has 1 aromatic carbocycles. The Hall–Kier alpha value is -4.21. The zero-order chi connectivity index (χ0) is 22.9. The van der Waals surface area contributed by atoms with Gasteiger partial charge in [-0.25, -0.2) is 4.98 Å². The minimum atomic E-state index is -0.518. The molecule has 0 saturated carbocycles. The highest BCUT2D eigenvalue weighted by Crippen LogP contribution is 2.34. The number of benzene rings is 1. The van der Waals surface area contributed by atoms with E-state index >= 15 is 0 Å². The molecule has 10 nitrogen and oxygen atoms in total. The molecule has 0 atom stereocenters. The number of rotatable bonds is 5. The second-order valence-electron chi connectivity index (χ2n) is 8.38. The number of fused-ring (bicyclic) bond motifs is 1. The van der Waals surface area contributed by atoms with E-state index in [9.17, 15) is 14.4 Å². The fourth-order valence-corrected chi connectivity index (χ4v) is 3.14. The van der Waals surface area contributed by atoms with Gasteiger partial charge in [0.2, 0.25) is 11.8 Å². The van der Waals surface area contributed by atoms with E-state index < -0.39 is 18.2 Å². The maximum Gasteiger partial charge on any atom is 0.256 e. The lowest BCUT2D eigenvalue weighted by atomic mass is 9.93. The first-order valence-electron chi connectivity index (χ1n) is 9.92. The van der Waals surface area contributed by atoms with Crippen molar-refractivity contribution in [3.8, 4) is 0 Å². The van der Waals surface area contributed by atoms with E-state index in [2.05, 4.69) is 31.1 Å². The highest BCUT2D eigenvalue weighted by molar-refractivity contribution is 6.35. The van der Waals surface area contributed by atoms with Crippen molar-refractivity contribution in [2.45, 2.75) is 32.6 Å². The number of hydrogen-bond acceptors (Lipinski definition) is 6. The zero-order valence-electron chi connectivity index (χ0n) is 17.8. The summed E-state index contributed by atoms with van der Waals surface area (Å²) in [5.41, 5.74) is 2.68. The molecule has 0 unspecified atom stereocenters. The van der Waals surface area contributed by atoms with Crippen LogP contribution in [0.25, 0.3) is 11.6 Å². The van der Waals surface area contributed by atoms with E-state index in [1.54, 1.807) is 36.5 Å². The van der Waals surface area contributed by atoms with E-state index in [0.29, 0.717) is 34.0 Å². The number of imidazole rings is 1. The number of aromatic nitrogens is 3. The topological polar surface area (TPSA) is 142 Å². The number of nitrogens with zero attached hydrogens (tertiary/aromatic N) is 2. The van der Waals surface area contributed by atoms with E-state index in [-0.39, 0.29) is 17.1 Å². The van der Waals surface area contributed by atoms with Crippen molar-refractivity contribution in [1.29, 1.82) is 0 Å². The van der Waals surface area contributed by atoms with Crippen molar-refractivity contribution < 1.29 is 18.9 Å². The Morgan fingerprint density at radius 2 is 1.94 bits per heavy atom. The van der Waals surface area contributed by atoms with Crippen LogP contribution >= 0.6 is 0 Å². The van der Waals surface area contributed by atoms with Gasteiger partial charge >= 0.3 is 0 Å². The molecule has 0 spiro atoms. The molecule has 164 valence electrons. The molecule has 4 N–H and O–H groups in total. The lowest BCUT2D eigenvalue weighted by Gasteiger charge is -2.12. The van der Waals surface area contributed by atoms with Crippen molar-refractivity contribution in [1.82, 2.24) is 15.1 Å². The summed E-state index contributed by atoms with van der Waals surface area (Å²) in [5.74, 6) is -0.391. The van der Waals surface area contributed by atoms with Gasteiger partial charge in [-0.05, 0) is 18.2 Å². The monoisotopic (exact) mass is 434 g/mol. The number of nitrogens with one attached hydrogen (secondary N) is 4. The molecule has 1 aliphatic rings. The Morgan fingerprint density at radius 1 is 1.16 bits per heavy atom. The Bertz CT molecular complexity index is 1220. The van der Waals surface area contributed by atoms with Crippen LogP contribution < -0.4 is 16.0 Å². The van der Waals surface area contributed by atoms with Crippen molar-refractivity contribution in [2.24, 2.45) is 0 Å². The first kappa shape index (κ1) is 21.0. The van der Waals surface area contributed by atoms with Gasteiger partial charge in [0.25, 0.3) is 5.91 Å². The smallest absolute Gasteiger partial charge is 0.256 e. The van der Waals surface area contributed by atoms with Gasteiger partial charge in [-0.2, -0.15) is 0 Å². The summed E-state index contributed by atoms with van der Waals surface area (Å²) in [6, 6.07) is 6.68. The van der Waals surface area contributed by atoms with Crippen molar-refractivity contribution in [2.75, 3.05) is 16.0 Å². The number of H-pyrrole nitrogens is 1. The SMILES string of the molecule is CC(C)(C)c1cc(NC(=O)CC(=O)Nc2ccc3c(c2)NC(=O)/C3=C\c2cnc[nH]2)no1. The molecule has 1 aliphatic heterocycles. The zero-order valence-corrected chi connectivity index (χ0v) is 17.8. The fourth-order valence-electron chi connectivity index (χ4n) is 3.14. The van der Waals surface area contributed by atoms with Crippen molar-refractivity contribution >= 4 is 46.6 Å². The molecule has 0 bridgehead atoms. The second kappa shape index (κ2) is 8.14. The molecule has 2 aromatic heterocycles. The second-order valence-corrected chi connectivity index (χ2v) is 8.38. The molecule has 3 amide bonds. The number of aromatic amines is 1. The van der Waals surface area contributed by atoms with Gasteiger partial charge in [0.1, 0.15) is 12.2 Å². The molecular formula is C22H22N6O4. The van der Waals surface area contributed by atoms with E-state index in [1.807, 2.05) is 20.8 Å². The average Bonchev–Trinajstić information content (AvgIpc) is 3.43. The number of hydrogen-bond donors (Lipinski definition) is 4. The van der Waals surface area contributed by atoms with Crippen molar-refractivity contribution in [3.63, 3.8) is 0 Å². The molecular weight excluding hydrogens is 412 g/mol. The number of amides is 3. The normalized spacial score (nSPS) is 14.2. The minimum Gasteiger partial charge on any atom is -0.359 e. The lowest BCUT2D eigenvalue weighted by Crippen LogP contribution is -2.21. The third-order valence-electron chi connectivity index (χ3n) is 4.74. The number of carbonyl (C=O) groups is 3. The van der Waals surface area contributed by atoms with Crippen LogP contribution in [0.5, 0.6) is 0 Å². The molecule has 0 fully saturated rings. The molecule has 3 heterocycles. The molecule has 0 radical (unpaired) electrons. The molecule has 3 aromatic rings. The summed E-state index contributed by atoms with van der Waals surface area (Å²) in [5, 5.41) is 11.8. The summed E-state index contributed by atoms with van der Waals surface area (Å²) in [4.78, 5) is 43.6. The summed E-state index contributed by atoms with van der Waals surface area (Å²) in [6.45, 7) is 5.88. The van der Waals surface area contributed by atoms with Crippen LogP contribution in [0.3, 0.4) is 0 Å². The number of carbonyl (C=O) groups excluding carboxylic acids is 3.